The quantitative estimate of drug-likeness (QED) is 0.400. The van der Waals surface area contributed by atoms with Crippen molar-refractivity contribution in [1.82, 2.24) is 20.5 Å². The van der Waals surface area contributed by atoms with Crippen molar-refractivity contribution in [3.05, 3.63) is 29.0 Å². The molecule has 0 aromatic carbocycles. The maximum absolute atomic E-state index is 12.3. The van der Waals surface area contributed by atoms with E-state index in [1.807, 2.05) is 33.8 Å². The van der Waals surface area contributed by atoms with Crippen molar-refractivity contribution in [3.63, 3.8) is 0 Å². The first-order valence-corrected chi connectivity index (χ1v) is 9.66. The second-order valence-corrected chi connectivity index (χ2v) is 7.52. The highest BCUT2D eigenvalue weighted by molar-refractivity contribution is 6.29. The van der Waals surface area contributed by atoms with Crippen molar-refractivity contribution in [3.8, 4) is 0 Å². The van der Waals surface area contributed by atoms with E-state index in [2.05, 4.69) is 20.6 Å². The molecule has 1 aromatic rings. The first-order valence-electron chi connectivity index (χ1n) is 9.28. The summed E-state index contributed by atoms with van der Waals surface area (Å²) >= 11 is 5.79. The van der Waals surface area contributed by atoms with E-state index in [9.17, 15) is 4.79 Å². The van der Waals surface area contributed by atoms with Gasteiger partial charge in [-0.1, -0.05) is 24.6 Å². The van der Waals surface area contributed by atoms with Crippen LogP contribution in [0.2, 0.25) is 5.15 Å². The molecule has 0 unspecified atom stereocenters. The first-order chi connectivity index (χ1) is 12.7. The second kappa shape index (κ2) is 11.6. The van der Waals surface area contributed by atoms with Gasteiger partial charge < -0.3 is 20.3 Å². The molecular weight excluding hydrogens is 366 g/mol. The molecule has 0 fully saturated rings. The van der Waals surface area contributed by atoms with Gasteiger partial charge in [-0.05, 0) is 45.2 Å². The molecule has 0 aliphatic carbocycles. The van der Waals surface area contributed by atoms with E-state index in [0.29, 0.717) is 37.3 Å². The molecule has 8 heteroatoms. The number of ether oxygens (including phenoxy) is 1. The predicted octanol–water partition coefficient (Wildman–Crippen LogP) is 3.09. The summed E-state index contributed by atoms with van der Waals surface area (Å²) in [5.74, 6) is 0.692. The van der Waals surface area contributed by atoms with Gasteiger partial charge in [-0.25, -0.2) is 9.78 Å². The number of hydrogen-bond acceptors (Lipinski definition) is 4. The van der Waals surface area contributed by atoms with Gasteiger partial charge in [0.1, 0.15) is 10.8 Å². The van der Waals surface area contributed by atoms with Gasteiger partial charge in [-0.15, -0.1) is 0 Å². The minimum Gasteiger partial charge on any atom is -0.444 e. The molecule has 0 radical (unpaired) electrons. The van der Waals surface area contributed by atoms with Crippen LogP contribution in [-0.2, 0) is 11.2 Å². The minimum atomic E-state index is -0.495. The molecule has 152 valence electrons. The Hall–Kier alpha value is -2.02. The molecule has 0 aliphatic rings. The van der Waals surface area contributed by atoms with E-state index >= 15 is 0 Å². The maximum atomic E-state index is 12.3. The Morgan fingerprint density at radius 2 is 1.96 bits per heavy atom. The van der Waals surface area contributed by atoms with Gasteiger partial charge in [-0.2, -0.15) is 0 Å². The summed E-state index contributed by atoms with van der Waals surface area (Å²) in [5, 5.41) is 6.96. The Balaban J connectivity index is 2.39. The number of carbonyl (C=O) groups is 1. The topological polar surface area (TPSA) is 78.9 Å². The van der Waals surface area contributed by atoms with Crippen molar-refractivity contribution < 1.29 is 9.53 Å². The minimum absolute atomic E-state index is 0.288. The molecule has 2 N–H and O–H groups in total. The highest BCUT2D eigenvalue weighted by atomic mass is 35.5. The molecule has 0 atom stereocenters. The third kappa shape index (κ3) is 10.0. The van der Waals surface area contributed by atoms with Crippen molar-refractivity contribution in [2.75, 3.05) is 33.2 Å². The number of hydrogen-bond donors (Lipinski definition) is 2. The first kappa shape index (κ1) is 23.0. The van der Waals surface area contributed by atoms with E-state index in [-0.39, 0.29) is 6.09 Å². The zero-order valence-electron chi connectivity index (χ0n) is 17.0. The molecule has 0 bridgehead atoms. The number of rotatable bonds is 8. The molecule has 0 saturated heterocycles. The molecule has 1 rings (SSSR count). The fourth-order valence-electron chi connectivity index (χ4n) is 2.30. The van der Waals surface area contributed by atoms with Crippen LogP contribution in [0.25, 0.3) is 0 Å². The Morgan fingerprint density at radius 1 is 1.26 bits per heavy atom. The summed E-state index contributed by atoms with van der Waals surface area (Å²) in [7, 11) is 1.72. The Morgan fingerprint density at radius 3 is 2.52 bits per heavy atom. The molecule has 1 aromatic heterocycles. The summed E-state index contributed by atoms with van der Waals surface area (Å²) in [5.41, 5.74) is 0.603. The van der Waals surface area contributed by atoms with Crippen LogP contribution in [-0.4, -0.2) is 60.8 Å². The average molecular weight is 398 g/mol. The van der Waals surface area contributed by atoms with Crippen molar-refractivity contribution >= 4 is 23.7 Å². The van der Waals surface area contributed by atoms with Crippen LogP contribution in [0.4, 0.5) is 4.79 Å². The number of aromatic nitrogens is 1. The lowest BCUT2D eigenvalue weighted by Crippen LogP contribution is -2.45. The van der Waals surface area contributed by atoms with Crippen LogP contribution in [0.15, 0.2) is 23.3 Å². The lowest BCUT2D eigenvalue weighted by molar-refractivity contribution is 0.0253. The summed E-state index contributed by atoms with van der Waals surface area (Å²) in [6, 6.07) is 3.74. The van der Waals surface area contributed by atoms with Crippen LogP contribution in [0, 0.1) is 0 Å². The largest absolute Gasteiger partial charge is 0.444 e. The fraction of sp³-hybridized carbons (Fsp3) is 0.632. The van der Waals surface area contributed by atoms with Crippen LogP contribution in [0.3, 0.4) is 0 Å². The van der Waals surface area contributed by atoms with Gasteiger partial charge in [0.05, 0.1) is 0 Å². The molecule has 7 nitrogen and oxygen atoms in total. The van der Waals surface area contributed by atoms with Gasteiger partial charge >= 0.3 is 6.09 Å². The Labute approximate surface area is 167 Å². The average Bonchev–Trinajstić information content (AvgIpc) is 2.59. The molecular formula is C19H32ClN5O2. The lowest BCUT2D eigenvalue weighted by atomic mass is 10.2. The van der Waals surface area contributed by atoms with Gasteiger partial charge in [0.25, 0.3) is 0 Å². The van der Waals surface area contributed by atoms with Gasteiger partial charge in [0.2, 0.25) is 0 Å². The number of carbonyl (C=O) groups excluding carboxylic acids is 1. The number of guanidine groups is 1. The number of nitrogens with zero attached hydrogens (tertiary/aromatic N) is 3. The predicted molar refractivity (Wildman–Crippen MR) is 110 cm³/mol. The summed E-state index contributed by atoms with van der Waals surface area (Å²) in [6.45, 7) is 10.2. The van der Waals surface area contributed by atoms with Crippen molar-refractivity contribution in [2.24, 2.45) is 4.99 Å². The van der Waals surface area contributed by atoms with E-state index in [0.717, 1.165) is 18.4 Å². The highest BCUT2D eigenvalue weighted by Crippen LogP contribution is 2.10. The number of pyridine rings is 1. The highest BCUT2D eigenvalue weighted by Gasteiger charge is 2.21. The molecule has 0 saturated carbocycles. The van der Waals surface area contributed by atoms with Crippen molar-refractivity contribution in [1.29, 1.82) is 0 Å². The molecule has 1 amide bonds. The third-order valence-corrected chi connectivity index (χ3v) is 3.76. The number of halogens is 1. The molecule has 0 aliphatic heterocycles. The van der Waals surface area contributed by atoms with Gasteiger partial charge in [0, 0.05) is 39.4 Å². The van der Waals surface area contributed by atoms with E-state index in [4.69, 9.17) is 16.3 Å². The van der Waals surface area contributed by atoms with Crippen LogP contribution in [0.1, 0.15) is 39.7 Å². The zero-order valence-corrected chi connectivity index (χ0v) is 17.8. The maximum Gasteiger partial charge on any atom is 0.410 e. The van der Waals surface area contributed by atoms with Crippen molar-refractivity contribution in [2.45, 2.75) is 46.1 Å². The fourth-order valence-corrected chi connectivity index (χ4v) is 2.41. The summed E-state index contributed by atoms with van der Waals surface area (Å²) in [4.78, 5) is 22.2. The molecule has 1 heterocycles. The Kier molecular flexibility index (Phi) is 9.93. The van der Waals surface area contributed by atoms with Crippen LogP contribution >= 0.6 is 11.6 Å². The SMILES string of the molecule is CCCN(CCNC(=NC)NCCc1ccc(Cl)nc1)C(=O)OC(C)(C)C. The summed E-state index contributed by atoms with van der Waals surface area (Å²) < 4.78 is 5.46. The van der Waals surface area contributed by atoms with E-state index < -0.39 is 5.60 Å². The van der Waals surface area contributed by atoms with Gasteiger partial charge in [0.15, 0.2) is 5.96 Å². The molecule has 0 spiro atoms. The second-order valence-electron chi connectivity index (χ2n) is 7.13. The molecule has 27 heavy (non-hydrogen) atoms. The zero-order chi connectivity index (χ0) is 20.3. The normalized spacial score (nSPS) is 11.9. The number of amides is 1. The summed E-state index contributed by atoms with van der Waals surface area (Å²) in [6.07, 6.45) is 3.17. The number of aliphatic imine (C=N–C) groups is 1. The monoisotopic (exact) mass is 397 g/mol. The standard InChI is InChI=1S/C19H32ClN5O2/c1-6-12-25(18(26)27-19(2,3)4)13-11-23-17(21-5)22-10-9-15-7-8-16(20)24-14-15/h7-8,14H,6,9-13H2,1-5H3,(H2,21,22,23). The van der Waals surface area contributed by atoms with Gasteiger partial charge in [-0.3, -0.25) is 4.99 Å². The van der Waals surface area contributed by atoms with Crippen LogP contribution < -0.4 is 10.6 Å². The third-order valence-electron chi connectivity index (χ3n) is 3.54. The van der Waals surface area contributed by atoms with E-state index in [1.54, 1.807) is 24.2 Å². The lowest BCUT2D eigenvalue weighted by Gasteiger charge is -2.27. The van der Waals surface area contributed by atoms with Crippen LogP contribution in [0.5, 0.6) is 0 Å². The number of nitrogens with one attached hydrogen (secondary N) is 2. The smallest absolute Gasteiger partial charge is 0.410 e. The Bertz CT molecular complexity index is 599. The van der Waals surface area contributed by atoms with E-state index in [1.165, 1.54) is 0 Å².